The molecule has 2 rings (SSSR count). The number of aromatic nitrogens is 1. The Kier molecular flexibility index (Phi) is 3.95. The Labute approximate surface area is 108 Å². The lowest BCUT2D eigenvalue weighted by Gasteiger charge is -2.09. The Morgan fingerprint density at radius 1 is 1.22 bits per heavy atom. The van der Waals surface area contributed by atoms with Gasteiger partial charge in [-0.05, 0) is 43.2 Å². The predicted octanol–water partition coefficient (Wildman–Crippen LogP) is 2.99. The molecule has 2 aromatic rings. The molecule has 1 aromatic carbocycles. The number of hydrogen-bond donors (Lipinski definition) is 1. The summed E-state index contributed by atoms with van der Waals surface area (Å²) in [6, 6.07) is 10.0. The summed E-state index contributed by atoms with van der Waals surface area (Å²) in [7, 11) is 0. The monoisotopic (exact) mass is 242 g/mol. The van der Waals surface area contributed by atoms with Gasteiger partial charge in [-0.3, -0.25) is 4.98 Å². The molecule has 1 aromatic heterocycles. The average molecular weight is 242 g/mol. The van der Waals surface area contributed by atoms with Gasteiger partial charge >= 0.3 is 0 Å². The fraction of sp³-hybridized carbons (Fsp3) is 0.267. The molecular weight excluding hydrogens is 224 g/mol. The summed E-state index contributed by atoms with van der Waals surface area (Å²) in [5, 5.41) is 0. The highest BCUT2D eigenvalue weighted by atomic mass is 16.5. The second-order valence-electron chi connectivity index (χ2n) is 4.52. The zero-order valence-electron chi connectivity index (χ0n) is 10.8. The molecule has 0 radical (unpaired) electrons. The molecule has 0 aliphatic carbocycles. The first-order valence-electron chi connectivity index (χ1n) is 6.04. The van der Waals surface area contributed by atoms with Gasteiger partial charge in [0.25, 0.3) is 0 Å². The molecule has 0 saturated heterocycles. The van der Waals surface area contributed by atoms with E-state index in [-0.39, 0.29) is 6.04 Å². The van der Waals surface area contributed by atoms with Crippen LogP contribution in [0.25, 0.3) is 0 Å². The fourth-order valence-electron chi connectivity index (χ4n) is 1.73. The topological polar surface area (TPSA) is 48.1 Å². The van der Waals surface area contributed by atoms with Gasteiger partial charge in [-0.1, -0.05) is 12.1 Å². The summed E-state index contributed by atoms with van der Waals surface area (Å²) in [5.41, 5.74) is 9.12. The molecule has 1 heterocycles. The van der Waals surface area contributed by atoms with Crippen molar-refractivity contribution in [3.05, 3.63) is 59.4 Å². The van der Waals surface area contributed by atoms with Crippen LogP contribution in [0.4, 0.5) is 0 Å². The van der Waals surface area contributed by atoms with Crippen LogP contribution in [0, 0.1) is 6.92 Å². The Hall–Kier alpha value is -1.87. The minimum atomic E-state index is 0.0556. The number of nitrogens with two attached hydrogens (primary N) is 1. The largest absolute Gasteiger partial charge is 0.489 e. The summed E-state index contributed by atoms with van der Waals surface area (Å²) in [6.45, 7) is 4.52. The summed E-state index contributed by atoms with van der Waals surface area (Å²) < 4.78 is 5.70. The van der Waals surface area contributed by atoms with Crippen LogP contribution in [-0.2, 0) is 6.61 Å². The molecule has 0 saturated carbocycles. The molecular formula is C15H18N2O. The van der Waals surface area contributed by atoms with Gasteiger partial charge in [0, 0.05) is 24.0 Å². The van der Waals surface area contributed by atoms with Crippen molar-refractivity contribution in [1.82, 2.24) is 4.98 Å². The number of benzene rings is 1. The van der Waals surface area contributed by atoms with E-state index in [4.69, 9.17) is 10.5 Å². The maximum absolute atomic E-state index is 5.80. The zero-order valence-corrected chi connectivity index (χ0v) is 10.8. The van der Waals surface area contributed by atoms with Gasteiger partial charge < -0.3 is 10.5 Å². The minimum Gasteiger partial charge on any atom is -0.489 e. The Morgan fingerprint density at radius 3 is 2.56 bits per heavy atom. The van der Waals surface area contributed by atoms with Crippen molar-refractivity contribution in [3.8, 4) is 5.75 Å². The van der Waals surface area contributed by atoms with Crippen molar-refractivity contribution in [2.75, 3.05) is 0 Å². The molecule has 0 aliphatic heterocycles. The third-order valence-corrected chi connectivity index (χ3v) is 2.74. The highest BCUT2D eigenvalue weighted by molar-refractivity contribution is 5.29. The van der Waals surface area contributed by atoms with Crippen LogP contribution in [0.2, 0.25) is 0 Å². The van der Waals surface area contributed by atoms with Crippen molar-refractivity contribution < 1.29 is 4.74 Å². The number of pyridine rings is 1. The summed E-state index contributed by atoms with van der Waals surface area (Å²) in [6.07, 6.45) is 3.66. The molecule has 0 aliphatic rings. The van der Waals surface area contributed by atoms with Gasteiger partial charge in [0.05, 0.1) is 0 Å². The van der Waals surface area contributed by atoms with Crippen molar-refractivity contribution in [3.63, 3.8) is 0 Å². The molecule has 3 nitrogen and oxygen atoms in total. The van der Waals surface area contributed by atoms with Gasteiger partial charge in [0.15, 0.2) is 0 Å². The van der Waals surface area contributed by atoms with E-state index < -0.39 is 0 Å². The van der Waals surface area contributed by atoms with Crippen molar-refractivity contribution in [1.29, 1.82) is 0 Å². The summed E-state index contributed by atoms with van der Waals surface area (Å²) in [5.74, 6) is 0.848. The maximum atomic E-state index is 5.80. The first-order chi connectivity index (χ1) is 8.65. The number of rotatable bonds is 4. The number of nitrogens with zero attached hydrogens (tertiary/aromatic N) is 1. The van der Waals surface area contributed by atoms with Crippen molar-refractivity contribution in [2.24, 2.45) is 5.73 Å². The van der Waals surface area contributed by atoms with Crippen LogP contribution >= 0.6 is 0 Å². The van der Waals surface area contributed by atoms with Crippen molar-refractivity contribution in [2.45, 2.75) is 26.5 Å². The van der Waals surface area contributed by atoms with Gasteiger partial charge in [-0.2, -0.15) is 0 Å². The highest BCUT2D eigenvalue weighted by Crippen LogP contribution is 2.17. The van der Waals surface area contributed by atoms with E-state index in [1.807, 2.05) is 50.5 Å². The molecule has 0 unspecified atom stereocenters. The standard InChI is InChI=1S/C15H18N2O/c1-11-7-13(9-17-8-11)10-18-15-5-3-14(4-6-15)12(2)16/h3-9,12H,10,16H2,1-2H3/t12-/m1/s1. The number of aryl methyl sites for hydroxylation is 1. The SMILES string of the molecule is Cc1cncc(COc2ccc([C@@H](C)N)cc2)c1. The molecule has 0 bridgehead atoms. The lowest BCUT2D eigenvalue weighted by atomic mass is 10.1. The second kappa shape index (κ2) is 5.65. The number of ether oxygens (including phenoxy) is 1. The van der Waals surface area contributed by atoms with Crippen LogP contribution in [0.3, 0.4) is 0 Å². The Balaban J connectivity index is 1.98. The molecule has 1 atom stereocenters. The fourth-order valence-corrected chi connectivity index (χ4v) is 1.73. The minimum absolute atomic E-state index is 0.0556. The first-order valence-corrected chi connectivity index (χ1v) is 6.04. The average Bonchev–Trinajstić information content (AvgIpc) is 2.37. The number of hydrogen-bond acceptors (Lipinski definition) is 3. The molecule has 94 valence electrons. The van der Waals surface area contributed by atoms with Gasteiger partial charge in [0.1, 0.15) is 12.4 Å². The van der Waals surface area contributed by atoms with E-state index in [0.29, 0.717) is 6.61 Å². The molecule has 3 heteroatoms. The van der Waals surface area contributed by atoms with E-state index >= 15 is 0 Å². The van der Waals surface area contributed by atoms with Gasteiger partial charge in [-0.25, -0.2) is 0 Å². The van der Waals surface area contributed by atoms with Crippen molar-refractivity contribution >= 4 is 0 Å². The van der Waals surface area contributed by atoms with E-state index in [9.17, 15) is 0 Å². The van der Waals surface area contributed by atoms with E-state index in [1.165, 1.54) is 0 Å². The summed E-state index contributed by atoms with van der Waals surface area (Å²) in [4.78, 5) is 4.14. The van der Waals surface area contributed by atoms with Gasteiger partial charge in [-0.15, -0.1) is 0 Å². The lowest BCUT2D eigenvalue weighted by molar-refractivity contribution is 0.305. The second-order valence-corrected chi connectivity index (χ2v) is 4.52. The zero-order chi connectivity index (χ0) is 13.0. The molecule has 2 N–H and O–H groups in total. The smallest absolute Gasteiger partial charge is 0.119 e. The van der Waals surface area contributed by atoms with Crippen LogP contribution in [0.5, 0.6) is 5.75 Å². The summed E-state index contributed by atoms with van der Waals surface area (Å²) >= 11 is 0. The third kappa shape index (κ3) is 3.31. The van der Waals surface area contributed by atoms with Gasteiger partial charge in [0.2, 0.25) is 0 Å². The molecule has 0 fully saturated rings. The third-order valence-electron chi connectivity index (χ3n) is 2.74. The van der Waals surface area contributed by atoms with Crippen LogP contribution in [0.15, 0.2) is 42.7 Å². The van der Waals surface area contributed by atoms with E-state index in [0.717, 1.165) is 22.4 Å². The highest BCUT2D eigenvalue weighted by Gasteiger charge is 2.00. The van der Waals surface area contributed by atoms with E-state index in [2.05, 4.69) is 11.1 Å². The Morgan fingerprint density at radius 2 is 1.94 bits per heavy atom. The normalized spacial score (nSPS) is 12.2. The lowest BCUT2D eigenvalue weighted by Crippen LogP contribution is -2.04. The van der Waals surface area contributed by atoms with Crippen LogP contribution in [0.1, 0.15) is 29.7 Å². The van der Waals surface area contributed by atoms with Crippen LogP contribution in [-0.4, -0.2) is 4.98 Å². The molecule has 0 spiro atoms. The quantitative estimate of drug-likeness (QED) is 0.896. The van der Waals surface area contributed by atoms with E-state index in [1.54, 1.807) is 0 Å². The predicted molar refractivity (Wildman–Crippen MR) is 72.4 cm³/mol. The first kappa shape index (κ1) is 12.6. The maximum Gasteiger partial charge on any atom is 0.119 e. The Bertz CT molecular complexity index is 506. The molecule has 18 heavy (non-hydrogen) atoms. The molecule has 0 amide bonds. The van der Waals surface area contributed by atoms with Crippen LogP contribution < -0.4 is 10.5 Å².